The van der Waals surface area contributed by atoms with Gasteiger partial charge in [0.25, 0.3) is 0 Å². The van der Waals surface area contributed by atoms with Crippen molar-refractivity contribution in [2.45, 2.75) is 0 Å². The fourth-order valence-electron chi connectivity index (χ4n) is 20.0. The molecule has 0 amide bonds. The van der Waals surface area contributed by atoms with Gasteiger partial charge >= 0.3 is 0 Å². The van der Waals surface area contributed by atoms with Crippen LogP contribution in [0.3, 0.4) is 0 Å². The van der Waals surface area contributed by atoms with E-state index in [1.54, 1.807) is 0 Å². The topological polar surface area (TPSA) is 121 Å². The van der Waals surface area contributed by atoms with Crippen LogP contribution in [0.4, 0.5) is 0 Å². The summed E-state index contributed by atoms with van der Waals surface area (Å²) in [5, 5.41) is 29.1. The summed E-state index contributed by atoms with van der Waals surface area (Å²) < 4.78 is 2.17. The van der Waals surface area contributed by atoms with E-state index in [0.717, 1.165) is 156 Å². The second-order valence-electron chi connectivity index (χ2n) is 34.5. The van der Waals surface area contributed by atoms with Crippen LogP contribution in [0.25, 0.3) is 258 Å². The number of hydrogen-bond donors (Lipinski definition) is 0. The van der Waals surface area contributed by atoms with Crippen LogP contribution in [0.1, 0.15) is 0 Å². The molecule has 28 aromatic rings. The SMILES string of the molecule is c1ccc(-c2ccc(-c3nc4ccccc4c4c3ccc3ccccc34)cn2)cc1.c1ccc(-n2c(-c3ccc(-c4nc5ccccc5c5c4ccc4ccccc45)cn3)nc3ccccc32)cc1.c1ccc2c(-c3ccc(-c4nc5ccccc5c5c4ccc4ccccc45)cn3)cccc2c1.c1ccc2cc(-c3ccc(-c4nc5ccccc5c5c4ccc4ccccc45)cn3)ccc2c1. The Morgan fingerprint density at radius 1 is 0.161 bits per heavy atom. The zero-order chi connectivity index (χ0) is 90.6. The number of benzene rings is 19. The molecule has 10 nitrogen and oxygen atoms in total. The molecule has 0 saturated carbocycles. The Kier molecular flexibility index (Phi) is 20.4. The summed E-state index contributed by atoms with van der Waals surface area (Å²) in [5.74, 6) is 0.816. The molecule has 0 saturated heterocycles. The van der Waals surface area contributed by atoms with Crippen molar-refractivity contribution in [3.8, 4) is 96.0 Å². The third-order valence-electron chi connectivity index (χ3n) is 26.5. The van der Waals surface area contributed by atoms with E-state index in [0.29, 0.717) is 0 Å². The molecule has 0 aliphatic heterocycles. The highest BCUT2D eigenvalue weighted by molar-refractivity contribution is 6.26. The monoisotopic (exact) mass is 1740 g/mol. The summed E-state index contributed by atoms with van der Waals surface area (Å²) in [6.45, 7) is 0. The van der Waals surface area contributed by atoms with Crippen molar-refractivity contribution in [1.29, 1.82) is 0 Å². The number of para-hydroxylation sites is 7. The zero-order valence-corrected chi connectivity index (χ0v) is 74.2. The highest BCUT2D eigenvalue weighted by atomic mass is 15.1. The van der Waals surface area contributed by atoms with Gasteiger partial charge in [-0.3, -0.25) is 24.5 Å². The Labute approximate surface area is 788 Å². The minimum atomic E-state index is 0.814. The fraction of sp³-hybridized carbons (Fsp3) is 0. The molecule has 0 bridgehead atoms. The van der Waals surface area contributed by atoms with E-state index in [1.807, 2.05) is 91.5 Å². The minimum absolute atomic E-state index is 0.814. The second-order valence-corrected chi connectivity index (χ2v) is 34.5. The first-order valence-corrected chi connectivity index (χ1v) is 46.2. The van der Waals surface area contributed by atoms with Crippen molar-refractivity contribution in [2.24, 2.45) is 0 Å². The number of rotatable bonds is 9. The molecule has 28 rings (SSSR count). The van der Waals surface area contributed by atoms with Gasteiger partial charge in [-0.2, -0.15) is 0 Å². The first-order chi connectivity index (χ1) is 67.9. The average Bonchev–Trinajstić information content (AvgIpc) is 0.882. The van der Waals surface area contributed by atoms with Crippen molar-refractivity contribution in [3.63, 3.8) is 0 Å². The summed E-state index contributed by atoms with van der Waals surface area (Å²) in [6, 6.07) is 161. The van der Waals surface area contributed by atoms with Crippen LogP contribution in [0, 0.1) is 0 Å². The number of imidazole rings is 1. The lowest BCUT2D eigenvalue weighted by Crippen LogP contribution is -1.99. The summed E-state index contributed by atoms with van der Waals surface area (Å²) in [4.78, 5) is 44.7. The standard InChI is InChI=1S/C35H22N4.2C32H20N2.C28H18N2/c1-2-11-25(12-3-1)39-32-17-9-8-16-30(32)38-35(39)31-21-19-24(22-36-31)34-28-20-18-23-10-4-5-13-26(23)33(28)27-14-6-7-15-29(27)37-34;1-3-11-24-21(8-1)10-7-14-26(24)29-19-17-23(20-33-29)32-28-18-16-22-9-2-4-12-25(22)31(28)27-13-5-6-15-30(27)34-32;1-2-9-23-19-24(14-13-21(23)7-1)29-18-16-25(20-33-29)32-28-17-15-22-8-3-4-10-26(22)31(28)27-11-5-6-12-30(27)34-32;1-2-9-20(10-3-1)25-17-15-21(18-29-25)28-24-16-14-19-8-4-5-11-22(19)27(24)23-12-6-7-13-26(23)30-28/h1-22H;2*1-20H;1-18H. The van der Waals surface area contributed by atoms with Crippen LogP contribution in [0.5, 0.6) is 0 Å². The van der Waals surface area contributed by atoms with Gasteiger partial charge in [-0.05, 0) is 168 Å². The van der Waals surface area contributed by atoms with E-state index in [9.17, 15) is 0 Å². The molecule has 638 valence electrons. The van der Waals surface area contributed by atoms with Gasteiger partial charge in [-0.15, -0.1) is 0 Å². The van der Waals surface area contributed by atoms with Gasteiger partial charge in [-0.25, -0.2) is 24.9 Å². The largest absolute Gasteiger partial charge is 0.291 e. The molecule has 0 atom stereocenters. The van der Waals surface area contributed by atoms with Crippen molar-refractivity contribution in [2.75, 3.05) is 0 Å². The molecule has 19 aromatic carbocycles. The van der Waals surface area contributed by atoms with Crippen LogP contribution in [-0.4, -0.2) is 49.4 Å². The van der Waals surface area contributed by atoms with Gasteiger partial charge in [0, 0.05) is 134 Å². The number of nitrogens with zero attached hydrogens (tertiary/aromatic N) is 10. The van der Waals surface area contributed by atoms with Gasteiger partial charge in [0.15, 0.2) is 5.82 Å². The third-order valence-corrected chi connectivity index (χ3v) is 26.5. The van der Waals surface area contributed by atoms with Crippen molar-refractivity contribution in [1.82, 2.24) is 49.4 Å². The van der Waals surface area contributed by atoms with Gasteiger partial charge in [0.1, 0.15) is 5.69 Å². The summed E-state index contributed by atoms with van der Waals surface area (Å²) in [5.41, 5.74) is 22.0. The predicted molar refractivity (Wildman–Crippen MR) is 571 cm³/mol. The van der Waals surface area contributed by atoms with Crippen LogP contribution in [-0.2, 0) is 0 Å². The first-order valence-electron chi connectivity index (χ1n) is 46.2. The molecule has 0 radical (unpaired) electrons. The number of aromatic nitrogens is 10. The van der Waals surface area contributed by atoms with Crippen molar-refractivity contribution < 1.29 is 0 Å². The van der Waals surface area contributed by atoms with Crippen molar-refractivity contribution >= 4 is 162 Å². The number of pyridine rings is 8. The minimum Gasteiger partial charge on any atom is -0.291 e. The molecule has 0 spiro atoms. The van der Waals surface area contributed by atoms with Crippen molar-refractivity contribution in [3.05, 3.63) is 486 Å². The maximum Gasteiger partial charge on any atom is 0.164 e. The van der Waals surface area contributed by atoms with E-state index < -0.39 is 0 Å². The maximum absolute atomic E-state index is 5.12. The lowest BCUT2D eigenvalue weighted by molar-refractivity contribution is 1.08. The Balaban J connectivity index is 0.0000000974. The molecule has 0 fully saturated rings. The normalized spacial score (nSPS) is 11.5. The van der Waals surface area contributed by atoms with Gasteiger partial charge < -0.3 is 0 Å². The summed E-state index contributed by atoms with van der Waals surface area (Å²) in [7, 11) is 0. The molecule has 0 N–H and O–H groups in total. The summed E-state index contributed by atoms with van der Waals surface area (Å²) >= 11 is 0. The van der Waals surface area contributed by atoms with E-state index in [-0.39, 0.29) is 0 Å². The molecular formula is C127H80N10. The van der Waals surface area contributed by atoms with E-state index in [4.69, 9.17) is 44.9 Å². The number of fused-ring (bicyclic) bond motifs is 23. The molecule has 0 aliphatic rings. The third kappa shape index (κ3) is 14.8. The molecule has 137 heavy (non-hydrogen) atoms. The van der Waals surface area contributed by atoms with Gasteiger partial charge in [0.2, 0.25) is 0 Å². The Bertz CT molecular complexity index is 9510. The Morgan fingerprint density at radius 3 is 0.869 bits per heavy atom. The fourth-order valence-corrected chi connectivity index (χ4v) is 20.0. The van der Waals surface area contributed by atoms with E-state index in [2.05, 4.69) is 399 Å². The molecule has 0 aliphatic carbocycles. The van der Waals surface area contributed by atoms with Gasteiger partial charge in [-0.1, -0.05) is 358 Å². The smallest absolute Gasteiger partial charge is 0.164 e. The average molecular weight is 1750 g/mol. The maximum atomic E-state index is 5.12. The van der Waals surface area contributed by atoms with E-state index >= 15 is 0 Å². The number of hydrogen-bond acceptors (Lipinski definition) is 9. The molecular weight excluding hydrogens is 1670 g/mol. The quantitative estimate of drug-likeness (QED) is 0.130. The highest BCUT2D eigenvalue weighted by Crippen LogP contribution is 2.44. The highest BCUT2D eigenvalue weighted by Gasteiger charge is 2.22. The van der Waals surface area contributed by atoms with Crippen LogP contribution in [0.15, 0.2) is 486 Å². The van der Waals surface area contributed by atoms with Crippen LogP contribution < -0.4 is 0 Å². The first kappa shape index (κ1) is 80.6. The van der Waals surface area contributed by atoms with Crippen LogP contribution >= 0.6 is 0 Å². The molecule has 0 unspecified atom stereocenters. The Hall–Kier alpha value is -18.5. The molecule has 9 heterocycles. The summed E-state index contributed by atoms with van der Waals surface area (Å²) in [6.07, 6.45) is 7.78. The Morgan fingerprint density at radius 2 is 0.460 bits per heavy atom. The van der Waals surface area contributed by atoms with E-state index in [1.165, 1.54) is 102 Å². The molecule has 10 heteroatoms. The zero-order valence-electron chi connectivity index (χ0n) is 74.2. The lowest BCUT2D eigenvalue weighted by Gasteiger charge is -2.13. The second kappa shape index (κ2) is 34.7. The molecule has 9 aromatic heterocycles. The van der Waals surface area contributed by atoms with Gasteiger partial charge in [0.05, 0.1) is 73.0 Å². The predicted octanol–water partition coefficient (Wildman–Crippen LogP) is 32.7. The lowest BCUT2D eigenvalue weighted by atomic mass is 9.95. The van der Waals surface area contributed by atoms with Crippen LogP contribution in [0.2, 0.25) is 0 Å².